The molecule has 0 aliphatic carbocycles. The molecule has 4 rings (SSSR count). The van der Waals surface area contributed by atoms with Crippen LogP contribution in [0.2, 0.25) is 0 Å². The van der Waals surface area contributed by atoms with E-state index >= 15 is 0 Å². The van der Waals surface area contributed by atoms with Gasteiger partial charge in [0, 0.05) is 16.5 Å². The summed E-state index contributed by atoms with van der Waals surface area (Å²) in [6, 6.07) is 20.1. The molecule has 3 N–H and O–H groups in total. The number of nitrogens with one attached hydrogen (secondary N) is 1. The first-order valence-corrected chi connectivity index (χ1v) is 10.0. The Morgan fingerprint density at radius 2 is 1.70 bits per heavy atom. The van der Waals surface area contributed by atoms with Gasteiger partial charge in [-0.3, -0.25) is 0 Å². The highest BCUT2D eigenvalue weighted by molar-refractivity contribution is 6.02. The predicted molar refractivity (Wildman–Crippen MR) is 117 cm³/mol. The molecule has 138 valence electrons. The number of hydrogen-bond donors (Lipinski definition) is 2. The molecule has 0 atom stereocenters. The lowest BCUT2D eigenvalue weighted by Gasteiger charge is -2.11. The molecule has 0 fully saturated rings. The summed E-state index contributed by atoms with van der Waals surface area (Å²) in [5.74, 6) is 0. The monoisotopic (exact) mass is 356 g/mol. The third-order valence-corrected chi connectivity index (χ3v) is 5.67. The van der Waals surface area contributed by atoms with Crippen molar-refractivity contribution in [3.05, 3.63) is 71.3 Å². The van der Waals surface area contributed by atoms with E-state index in [1.54, 1.807) is 0 Å². The van der Waals surface area contributed by atoms with Gasteiger partial charge in [-0.2, -0.15) is 0 Å². The van der Waals surface area contributed by atoms with Crippen molar-refractivity contribution in [2.75, 3.05) is 6.54 Å². The molecule has 0 aliphatic rings. The number of hydrogen-bond acceptors (Lipinski definition) is 1. The average Bonchev–Trinajstić information content (AvgIpc) is 3.06. The lowest BCUT2D eigenvalue weighted by Crippen LogP contribution is -1.99. The van der Waals surface area contributed by atoms with Crippen LogP contribution in [0.4, 0.5) is 0 Å². The van der Waals surface area contributed by atoms with Gasteiger partial charge >= 0.3 is 0 Å². The van der Waals surface area contributed by atoms with E-state index in [1.165, 1.54) is 49.6 Å². The molecule has 0 radical (unpaired) electrons. The maximum Gasteiger partial charge on any atom is 0.0503 e. The Morgan fingerprint density at radius 1 is 0.889 bits per heavy atom. The summed E-state index contributed by atoms with van der Waals surface area (Å²) >= 11 is 0. The van der Waals surface area contributed by atoms with Gasteiger partial charge in [-0.15, -0.1) is 0 Å². The van der Waals surface area contributed by atoms with E-state index in [9.17, 15) is 0 Å². The smallest absolute Gasteiger partial charge is 0.0503 e. The van der Waals surface area contributed by atoms with Gasteiger partial charge in [0.05, 0.1) is 5.69 Å². The summed E-state index contributed by atoms with van der Waals surface area (Å²) in [6.07, 6.45) is 4.30. The maximum atomic E-state index is 5.76. The van der Waals surface area contributed by atoms with E-state index in [2.05, 4.69) is 73.4 Å². The van der Waals surface area contributed by atoms with Crippen LogP contribution < -0.4 is 5.73 Å². The van der Waals surface area contributed by atoms with Gasteiger partial charge < -0.3 is 10.7 Å². The van der Waals surface area contributed by atoms with Crippen LogP contribution in [-0.4, -0.2) is 11.5 Å². The Kier molecular flexibility index (Phi) is 5.00. The number of aromatic amines is 1. The number of H-pyrrole nitrogens is 1. The van der Waals surface area contributed by atoms with Gasteiger partial charge in [0.15, 0.2) is 0 Å². The number of aromatic nitrogens is 1. The third-order valence-electron chi connectivity index (χ3n) is 5.67. The molecular weight excluding hydrogens is 328 g/mol. The van der Waals surface area contributed by atoms with Gasteiger partial charge in [-0.05, 0) is 78.7 Å². The van der Waals surface area contributed by atoms with Crippen LogP contribution in [0.15, 0.2) is 54.6 Å². The standard InChI is InChI=1S/C25H28N2/c1-3-18-12-14-24-23(16-18)21(10-6-7-15-26)25(27-24)22-13-11-17(2)19-8-4-5-9-20(19)22/h4-5,8-9,11-14,16,27H,3,6-7,10,15,26H2,1-2H3. The Bertz CT molecular complexity index is 1090. The van der Waals surface area contributed by atoms with E-state index in [-0.39, 0.29) is 0 Å². The quantitative estimate of drug-likeness (QED) is 0.400. The normalized spacial score (nSPS) is 11.5. The molecule has 27 heavy (non-hydrogen) atoms. The van der Waals surface area contributed by atoms with Gasteiger partial charge in [-0.25, -0.2) is 0 Å². The zero-order chi connectivity index (χ0) is 18.8. The highest BCUT2D eigenvalue weighted by Gasteiger charge is 2.16. The molecule has 0 saturated heterocycles. The fourth-order valence-corrected chi connectivity index (χ4v) is 4.12. The summed E-state index contributed by atoms with van der Waals surface area (Å²) in [4.78, 5) is 3.74. The summed E-state index contributed by atoms with van der Waals surface area (Å²) in [7, 11) is 0. The number of nitrogens with two attached hydrogens (primary N) is 1. The average molecular weight is 357 g/mol. The largest absolute Gasteiger partial charge is 0.354 e. The van der Waals surface area contributed by atoms with Gasteiger partial charge in [0.25, 0.3) is 0 Å². The second kappa shape index (κ2) is 7.58. The van der Waals surface area contributed by atoms with E-state index in [1.807, 2.05) is 0 Å². The van der Waals surface area contributed by atoms with Crippen LogP contribution >= 0.6 is 0 Å². The maximum absolute atomic E-state index is 5.76. The van der Waals surface area contributed by atoms with Gasteiger partial charge in [0.2, 0.25) is 0 Å². The van der Waals surface area contributed by atoms with Crippen molar-refractivity contribution in [3.8, 4) is 11.3 Å². The van der Waals surface area contributed by atoms with Gasteiger partial charge in [0.1, 0.15) is 0 Å². The number of fused-ring (bicyclic) bond motifs is 2. The van der Waals surface area contributed by atoms with Crippen molar-refractivity contribution in [2.24, 2.45) is 5.73 Å². The Morgan fingerprint density at radius 3 is 2.48 bits per heavy atom. The number of benzene rings is 3. The van der Waals surface area contributed by atoms with E-state index in [0.717, 1.165) is 32.2 Å². The first-order valence-electron chi connectivity index (χ1n) is 10.0. The fourth-order valence-electron chi connectivity index (χ4n) is 4.12. The zero-order valence-electron chi connectivity index (χ0n) is 16.3. The van der Waals surface area contributed by atoms with Crippen LogP contribution in [0.25, 0.3) is 32.9 Å². The fraction of sp³-hybridized carbons (Fsp3) is 0.280. The molecule has 0 saturated carbocycles. The molecule has 0 amide bonds. The Balaban J connectivity index is 1.96. The van der Waals surface area contributed by atoms with Crippen LogP contribution in [0, 0.1) is 6.92 Å². The minimum absolute atomic E-state index is 0.755. The predicted octanol–water partition coefficient (Wildman–Crippen LogP) is 6.14. The molecular formula is C25H28N2. The SMILES string of the molecule is CCc1ccc2[nH]c(-c3ccc(C)c4ccccc34)c(CCCCN)c2c1. The molecule has 0 bridgehead atoms. The minimum atomic E-state index is 0.755. The molecule has 0 unspecified atom stereocenters. The topological polar surface area (TPSA) is 41.8 Å². The molecule has 2 nitrogen and oxygen atoms in total. The Labute approximate surface area is 161 Å². The van der Waals surface area contributed by atoms with Crippen molar-refractivity contribution in [1.29, 1.82) is 0 Å². The Hall–Kier alpha value is -2.58. The van der Waals surface area contributed by atoms with E-state index < -0.39 is 0 Å². The summed E-state index contributed by atoms with van der Waals surface area (Å²) in [5, 5.41) is 4.02. The lowest BCUT2D eigenvalue weighted by molar-refractivity contribution is 0.748. The molecule has 1 heterocycles. The van der Waals surface area contributed by atoms with E-state index in [0.29, 0.717) is 0 Å². The number of unbranched alkanes of at least 4 members (excludes halogenated alkanes) is 1. The molecule has 0 spiro atoms. The molecule has 2 heteroatoms. The van der Waals surface area contributed by atoms with Crippen molar-refractivity contribution >= 4 is 21.7 Å². The third kappa shape index (κ3) is 3.26. The second-order valence-corrected chi connectivity index (χ2v) is 7.43. The van der Waals surface area contributed by atoms with Gasteiger partial charge in [-0.1, -0.05) is 49.4 Å². The molecule has 1 aromatic heterocycles. The first kappa shape index (κ1) is 17.8. The van der Waals surface area contributed by atoms with Crippen LogP contribution in [0.1, 0.15) is 36.5 Å². The van der Waals surface area contributed by atoms with Crippen LogP contribution in [0.3, 0.4) is 0 Å². The summed E-state index contributed by atoms with van der Waals surface area (Å²) in [6.45, 7) is 5.16. The van der Waals surface area contributed by atoms with Crippen molar-refractivity contribution < 1.29 is 0 Å². The molecule has 0 aliphatic heterocycles. The number of rotatable bonds is 6. The van der Waals surface area contributed by atoms with Crippen LogP contribution in [0.5, 0.6) is 0 Å². The van der Waals surface area contributed by atoms with Crippen LogP contribution in [-0.2, 0) is 12.8 Å². The zero-order valence-corrected chi connectivity index (χ0v) is 16.3. The first-order chi connectivity index (χ1) is 13.2. The highest BCUT2D eigenvalue weighted by atomic mass is 14.7. The highest BCUT2D eigenvalue weighted by Crippen LogP contribution is 2.36. The number of aryl methyl sites for hydroxylation is 3. The lowest BCUT2D eigenvalue weighted by atomic mass is 9.94. The minimum Gasteiger partial charge on any atom is -0.354 e. The summed E-state index contributed by atoms with van der Waals surface area (Å²) in [5.41, 5.74) is 13.7. The van der Waals surface area contributed by atoms with E-state index in [4.69, 9.17) is 5.73 Å². The van der Waals surface area contributed by atoms with Crippen molar-refractivity contribution in [1.82, 2.24) is 4.98 Å². The molecule has 4 aromatic rings. The second-order valence-electron chi connectivity index (χ2n) is 7.43. The molecule has 3 aromatic carbocycles. The summed E-state index contributed by atoms with van der Waals surface area (Å²) < 4.78 is 0. The van der Waals surface area contributed by atoms with Crippen molar-refractivity contribution in [3.63, 3.8) is 0 Å². The van der Waals surface area contributed by atoms with Crippen molar-refractivity contribution in [2.45, 2.75) is 39.5 Å².